The highest BCUT2D eigenvalue weighted by molar-refractivity contribution is 7.89. The normalized spacial score (nSPS) is 15.2. The highest BCUT2D eigenvalue weighted by Gasteiger charge is 2.26. The standard InChI is InChI=1S/C30H29N5O3S2/c1-21-4-7-26(18-22(21)2)29-20-39-30(35(29)33-23(3)25-8-5-24(19-31)6-9-25)32-27-10-12-28(13-11-27)40(36,37)34-14-16-38-17-15-34/h4-13,18,20H,14-17H2,1-3H3. The second-order valence-corrected chi connectivity index (χ2v) is 12.3. The average molecular weight is 572 g/mol. The fraction of sp³-hybridized carbons (Fsp3) is 0.233. The maximum Gasteiger partial charge on any atom is 0.243 e. The molecule has 0 amide bonds. The molecule has 1 fully saturated rings. The highest BCUT2D eigenvalue weighted by atomic mass is 32.2. The second kappa shape index (κ2) is 11.7. The summed E-state index contributed by atoms with van der Waals surface area (Å²) >= 11 is 1.46. The third kappa shape index (κ3) is 5.83. The van der Waals surface area contributed by atoms with Gasteiger partial charge in [0.1, 0.15) is 0 Å². The molecule has 5 rings (SSSR count). The van der Waals surface area contributed by atoms with E-state index in [-0.39, 0.29) is 4.90 Å². The Morgan fingerprint density at radius 2 is 1.68 bits per heavy atom. The van der Waals surface area contributed by atoms with Crippen molar-refractivity contribution in [2.45, 2.75) is 25.7 Å². The smallest absolute Gasteiger partial charge is 0.243 e. The topological polar surface area (TPSA) is 100 Å². The molecule has 1 aliphatic heterocycles. The lowest BCUT2D eigenvalue weighted by molar-refractivity contribution is 0.0730. The number of aryl methyl sites for hydroxylation is 2. The van der Waals surface area contributed by atoms with Crippen molar-refractivity contribution in [3.05, 3.63) is 99.2 Å². The fourth-order valence-corrected chi connectivity index (χ4v) is 6.56. The number of thiazole rings is 1. The van der Waals surface area contributed by atoms with Crippen molar-refractivity contribution in [2.24, 2.45) is 10.1 Å². The van der Waals surface area contributed by atoms with E-state index in [1.807, 2.05) is 29.1 Å². The Labute approximate surface area is 238 Å². The summed E-state index contributed by atoms with van der Waals surface area (Å²) in [6.45, 7) is 7.58. The summed E-state index contributed by atoms with van der Waals surface area (Å²) < 4.78 is 34.6. The van der Waals surface area contributed by atoms with Gasteiger partial charge in [0.2, 0.25) is 14.8 Å². The van der Waals surface area contributed by atoms with Crippen molar-refractivity contribution in [1.82, 2.24) is 8.98 Å². The number of hydrogen-bond donors (Lipinski definition) is 0. The molecule has 0 spiro atoms. The van der Waals surface area contributed by atoms with Crippen LogP contribution < -0.4 is 4.80 Å². The predicted octanol–water partition coefficient (Wildman–Crippen LogP) is 5.23. The minimum atomic E-state index is -3.58. The van der Waals surface area contributed by atoms with Gasteiger partial charge < -0.3 is 4.74 Å². The van der Waals surface area contributed by atoms with Gasteiger partial charge in [0, 0.05) is 24.0 Å². The molecule has 0 radical (unpaired) electrons. The number of ether oxygens (including phenoxy) is 1. The van der Waals surface area contributed by atoms with Gasteiger partial charge in [-0.3, -0.25) is 0 Å². The third-order valence-corrected chi connectivity index (χ3v) is 9.57. The van der Waals surface area contributed by atoms with Gasteiger partial charge in [-0.15, -0.1) is 11.3 Å². The first-order valence-electron chi connectivity index (χ1n) is 12.8. The van der Waals surface area contributed by atoms with Crippen LogP contribution in [0.1, 0.15) is 29.2 Å². The molecule has 8 nitrogen and oxygen atoms in total. The third-order valence-electron chi connectivity index (χ3n) is 6.84. The van der Waals surface area contributed by atoms with Gasteiger partial charge >= 0.3 is 0 Å². The zero-order valence-corrected chi connectivity index (χ0v) is 24.2. The Morgan fingerprint density at radius 3 is 2.33 bits per heavy atom. The molecule has 1 aromatic heterocycles. The summed E-state index contributed by atoms with van der Waals surface area (Å²) in [6, 6.07) is 22.4. The molecular weight excluding hydrogens is 542 g/mol. The number of hydrogen-bond acceptors (Lipinski definition) is 7. The van der Waals surface area contributed by atoms with Crippen LogP contribution in [0.2, 0.25) is 0 Å². The Kier molecular flexibility index (Phi) is 8.09. The van der Waals surface area contributed by atoms with Gasteiger partial charge in [-0.2, -0.15) is 14.7 Å². The van der Waals surface area contributed by atoms with E-state index in [1.165, 1.54) is 26.8 Å². The lowest BCUT2D eigenvalue weighted by Gasteiger charge is -2.26. The van der Waals surface area contributed by atoms with Crippen molar-refractivity contribution in [1.29, 1.82) is 5.26 Å². The van der Waals surface area contributed by atoms with Crippen LogP contribution in [0, 0.1) is 25.2 Å². The van der Waals surface area contributed by atoms with Crippen LogP contribution in [0.15, 0.2) is 87.1 Å². The fourth-order valence-electron chi connectivity index (χ4n) is 4.31. The maximum absolute atomic E-state index is 13.0. The molecule has 0 saturated carbocycles. The van der Waals surface area contributed by atoms with Crippen LogP contribution in [-0.4, -0.2) is 49.4 Å². The molecule has 1 saturated heterocycles. The lowest BCUT2D eigenvalue weighted by Crippen LogP contribution is -2.40. The first kappa shape index (κ1) is 27.7. The van der Waals surface area contributed by atoms with Gasteiger partial charge in [0.25, 0.3) is 0 Å². The van der Waals surface area contributed by atoms with E-state index in [4.69, 9.17) is 20.1 Å². The summed E-state index contributed by atoms with van der Waals surface area (Å²) in [4.78, 5) is 5.72. The zero-order valence-electron chi connectivity index (χ0n) is 22.5. The van der Waals surface area contributed by atoms with Crippen molar-refractivity contribution in [2.75, 3.05) is 26.3 Å². The van der Waals surface area contributed by atoms with E-state index in [0.717, 1.165) is 22.5 Å². The summed E-state index contributed by atoms with van der Waals surface area (Å²) in [7, 11) is -3.58. The minimum Gasteiger partial charge on any atom is -0.379 e. The summed E-state index contributed by atoms with van der Waals surface area (Å²) in [6.07, 6.45) is 0. The maximum atomic E-state index is 13.0. The van der Waals surface area contributed by atoms with Gasteiger partial charge in [-0.1, -0.05) is 24.3 Å². The molecule has 3 aromatic carbocycles. The van der Waals surface area contributed by atoms with E-state index in [0.29, 0.717) is 42.4 Å². The highest BCUT2D eigenvalue weighted by Crippen LogP contribution is 2.25. The van der Waals surface area contributed by atoms with Crippen LogP contribution in [0.5, 0.6) is 0 Å². The number of benzene rings is 3. The summed E-state index contributed by atoms with van der Waals surface area (Å²) in [5.74, 6) is 0. The monoisotopic (exact) mass is 571 g/mol. The molecule has 0 N–H and O–H groups in total. The van der Waals surface area contributed by atoms with Crippen LogP contribution in [-0.2, 0) is 14.8 Å². The Bertz CT molecular complexity index is 1770. The molecule has 40 heavy (non-hydrogen) atoms. The van der Waals surface area contributed by atoms with Gasteiger partial charge in [-0.25, -0.2) is 18.1 Å². The van der Waals surface area contributed by atoms with E-state index >= 15 is 0 Å². The number of sulfonamides is 1. The Morgan fingerprint density at radius 1 is 0.975 bits per heavy atom. The molecule has 4 aromatic rings. The number of aromatic nitrogens is 1. The number of rotatable bonds is 6. The van der Waals surface area contributed by atoms with Crippen molar-refractivity contribution in [3.8, 4) is 17.3 Å². The van der Waals surface area contributed by atoms with Crippen molar-refractivity contribution in [3.63, 3.8) is 0 Å². The predicted molar refractivity (Wildman–Crippen MR) is 157 cm³/mol. The second-order valence-electron chi connectivity index (χ2n) is 9.51. The van der Waals surface area contributed by atoms with Crippen LogP contribution in [0.4, 0.5) is 5.69 Å². The number of morpholine rings is 1. The Balaban J connectivity index is 1.56. The van der Waals surface area contributed by atoms with Gasteiger partial charge in [0.05, 0.1) is 46.8 Å². The van der Waals surface area contributed by atoms with Crippen molar-refractivity contribution >= 4 is 32.8 Å². The average Bonchev–Trinajstić information content (AvgIpc) is 3.36. The molecule has 0 aliphatic carbocycles. The molecule has 10 heteroatoms. The first-order chi connectivity index (χ1) is 19.3. The summed E-state index contributed by atoms with van der Waals surface area (Å²) in [5, 5.41) is 16.1. The molecule has 0 atom stereocenters. The minimum absolute atomic E-state index is 0.234. The van der Waals surface area contributed by atoms with Crippen LogP contribution in [0.25, 0.3) is 11.3 Å². The number of nitrogens with zero attached hydrogens (tertiary/aromatic N) is 5. The van der Waals surface area contributed by atoms with Crippen LogP contribution in [0.3, 0.4) is 0 Å². The molecular formula is C30H29N5O3S2. The SMILES string of the molecule is CC(=Nn1c(-c2ccc(C)c(C)c2)csc1=Nc1ccc(S(=O)(=O)N2CCOCC2)cc1)c1ccc(C#N)cc1. The zero-order chi connectivity index (χ0) is 28.3. The van der Waals surface area contributed by atoms with Gasteiger partial charge in [0.15, 0.2) is 0 Å². The molecule has 1 aliphatic rings. The summed E-state index contributed by atoms with van der Waals surface area (Å²) in [5.41, 5.74) is 7.17. The largest absolute Gasteiger partial charge is 0.379 e. The van der Waals surface area contributed by atoms with Crippen molar-refractivity contribution < 1.29 is 13.2 Å². The quantitative estimate of drug-likeness (QED) is 0.296. The van der Waals surface area contributed by atoms with Gasteiger partial charge in [-0.05, 0) is 79.9 Å². The molecule has 204 valence electrons. The first-order valence-corrected chi connectivity index (χ1v) is 15.2. The number of nitriles is 1. The lowest BCUT2D eigenvalue weighted by atomic mass is 10.1. The molecule has 0 bridgehead atoms. The molecule has 2 heterocycles. The Hall–Kier alpha value is -3.88. The van der Waals surface area contributed by atoms with E-state index in [1.54, 1.807) is 36.4 Å². The molecule has 0 unspecified atom stereocenters. The van der Waals surface area contributed by atoms with E-state index in [9.17, 15) is 8.42 Å². The van der Waals surface area contributed by atoms with E-state index in [2.05, 4.69) is 38.1 Å². The van der Waals surface area contributed by atoms with E-state index < -0.39 is 10.0 Å². The van der Waals surface area contributed by atoms with Crippen LogP contribution >= 0.6 is 11.3 Å².